The predicted octanol–water partition coefficient (Wildman–Crippen LogP) is 7.91. The number of rotatable bonds is 4. The van der Waals surface area contributed by atoms with Crippen LogP contribution in [0.15, 0.2) is 97.1 Å². The van der Waals surface area contributed by atoms with Crippen molar-refractivity contribution < 1.29 is 4.74 Å². The van der Waals surface area contributed by atoms with E-state index < -0.39 is 0 Å². The summed E-state index contributed by atoms with van der Waals surface area (Å²) in [4.78, 5) is 1.33. The molecule has 0 fully saturated rings. The maximum atomic E-state index is 5.99. The van der Waals surface area contributed by atoms with E-state index in [-0.39, 0.29) is 10.5 Å². The molecule has 0 atom stereocenters. The summed E-state index contributed by atoms with van der Waals surface area (Å²) in [5.74, 6) is 0.909. The number of hydrogen-bond acceptors (Lipinski definition) is 1. The summed E-state index contributed by atoms with van der Waals surface area (Å²) in [5.41, 5.74) is 1.19. The van der Waals surface area contributed by atoms with Crippen LogP contribution in [0.4, 0.5) is 0 Å². The normalized spacial score (nSPS) is 11.2. The second-order valence-electron chi connectivity index (χ2n) is 6.69. The van der Waals surface area contributed by atoms with Crippen molar-refractivity contribution in [2.24, 2.45) is 0 Å². The third kappa shape index (κ3) is 3.29. The fraction of sp³-hybridized carbons (Fsp3) is 0.0400. The van der Waals surface area contributed by atoms with Gasteiger partial charge in [-0.2, -0.15) is 0 Å². The first kappa shape index (κ1) is 17.7. The third-order valence-corrected chi connectivity index (χ3v) is 7.94. The molecule has 0 aliphatic rings. The van der Waals surface area contributed by atoms with Gasteiger partial charge in [0.05, 0.1) is 0 Å². The van der Waals surface area contributed by atoms with E-state index in [1.165, 1.54) is 34.2 Å². The molecule has 0 unspecified atom stereocenters. The number of benzene rings is 4. The zero-order valence-corrected chi connectivity index (χ0v) is 18.1. The summed E-state index contributed by atoms with van der Waals surface area (Å²) in [5, 5.41) is 2.72. The van der Waals surface area contributed by atoms with Crippen LogP contribution in [0.3, 0.4) is 0 Å². The molecule has 1 aromatic heterocycles. The Morgan fingerprint density at radius 1 is 0.643 bits per heavy atom. The van der Waals surface area contributed by atoms with E-state index in [9.17, 15) is 0 Å². The molecule has 0 amide bonds. The van der Waals surface area contributed by atoms with Crippen molar-refractivity contribution in [1.82, 2.24) is 0 Å². The van der Waals surface area contributed by atoms with Gasteiger partial charge in [0.25, 0.3) is 0 Å². The minimum atomic E-state index is -0.0478. The van der Waals surface area contributed by atoms with E-state index in [1.54, 1.807) is 0 Å². The lowest BCUT2D eigenvalue weighted by molar-refractivity contribution is 0.306. The van der Waals surface area contributed by atoms with Crippen LogP contribution in [0.5, 0.6) is 5.75 Å². The molecule has 28 heavy (non-hydrogen) atoms. The zero-order valence-electron chi connectivity index (χ0n) is 15.1. The largest absolute Gasteiger partial charge is 0.489 e. The van der Waals surface area contributed by atoms with Gasteiger partial charge in [0.2, 0.25) is 0 Å². The summed E-state index contributed by atoms with van der Waals surface area (Å²) in [6, 6.07) is 34.6. The highest BCUT2D eigenvalue weighted by atomic mass is 127. The molecule has 5 rings (SSSR count). The van der Waals surface area contributed by atoms with E-state index in [1.807, 2.05) is 0 Å². The molecule has 0 aliphatic carbocycles. The molecule has 1 heterocycles. The number of fused-ring (bicyclic) bond motifs is 3. The van der Waals surface area contributed by atoms with E-state index in [0.717, 1.165) is 5.75 Å². The van der Waals surface area contributed by atoms with Gasteiger partial charge in [0, 0.05) is 36.9 Å². The van der Waals surface area contributed by atoms with E-state index >= 15 is 0 Å². The molecule has 0 spiro atoms. The second-order valence-corrected chi connectivity index (χ2v) is 9.89. The van der Waals surface area contributed by atoms with Crippen LogP contribution in [-0.4, -0.2) is 0 Å². The minimum Gasteiger partial charge on any atom is -0.489 e. The van der Waals surface area contributed by atoms with Gasteiger partial charge in [-0.25, -0.2) is 0 Å². The number of ether oxygens (including phenoxy) is 1. The van der Waals surface area contributed by atoms with Crippen LogP contribution < -0.4 is 4.74 Å². The molecule has 3 heteroatoms. The first-order chi connectivity index (χ1) is 13.8. The van der Waals surface area contributed by atoms with E-state index in [2.05, 4.69) is 120 Å². The highest BCUT2D eigenvalue weighted by Gasteiger charge is 2.22. The average molecular weight is 493 g/mol. The van der Waals surface area contributed by atoms with Crippen molar-refractivity contribution in [3.8, 4) is 10.6 Å². The van der Waals surface area contributed by atoms with Gasteiger partial charge < -0.3 is 4.74 Å². The molecule has 0 saturated carbocycles. The van der Waals surface area contributed by atoms with E-state index in [4.69, 9.17) is 4.74 Å². The highest BCUT2D eigenvalue weighted by Crippen LogP contribution is 2.48. The van der Waals surface area contributed by atoms with Crippen LogP contribution in [0, 0.1) is 3.57 Å². The third-order valence-electron chi connectivity index (χ3n) is 4.88. The molecule has 5 aromatic rings. The van der Waals surface area contributed by atoms with Gasteiger partial charge in [-0.05, 0) is 76.7 Å². The highest BCUT2D eigenvalue weighted by molar-refractivity contribution is 14.1. The Morgan fingerprint density at radius 2 is 1.21 bits per heavy atom. The van der Waals surface area contributed by atoms with Crippen molar-refractivity contribution in [2.75, 3.05) is 0 Å². The van der Waals surface area contributed by atoms with Crippen molar-refractivity contribution in [2.45, 2.75) is 6.61 Å². The Balaban J connectivity index is 1.48. The molecule has 136 valence electrons. The van der Waals surface area contributed by atoms with Crippen LogP contribution in [0.2, 0.25) is 0 Å². The summed E-state index contributed by atoms with van der Waals surface area (Å²) in [7, 11) is -0.0478. The summed E-state index contributed by atoms with van der Waals surface area (Å²) < 4.78 is 10.1. The predicted molar refractivity (Wildman–Crippen MR) is 129 cm³/mol. The Morgan fingerprint density at radius 3 is 1.82 bits per heavy atom. The van der Waals surface area contributed by atoms with Gasteiger partial charge >= 0.3 is 0 Å². The first-order valence-corrected chi connectivity index (χ1v) is 11.5. The molecule has 0 saturated heterocycles. The number of hydrogen-bond donors (Lipinski definition) is 0. The molecule has 0 aliphatic heterocycles. The van der Waals surface area contributed by atoms with Crippen molar-refractivity contribution in [3.05, 3.63) is 106 Å². The van der Waals surface area contributed by atoms with Crippen molar-refractivity contribution in [3.63, 3.8) is 0 Å². The molecule has 1 nitrogen and oxygen atoms in total. The maximum Gasteiger partial charge on any atom is 0.187 e. The van der Waals surface area contributed by atoms with Gasteiger partial charge in [0.1, 0.15) is 12.4 Å². The smallest absolute Gasteiger partial charge is 0.187 e. The van der Waals surface area contributed by atoms with Gasteiger partial charge in [0.15, 0.2) is 14.3 Å². The molecule has 0 radical (unpaired) electrons. The fourth-order valence-corrected chi connectivity index (χ4v) is 6.26. The Kier molecular flexibility index (Phi) is 4.79. The van der Waals surface area contributed by atoms with Crippen molar-refractivity contribution >= 4 is 53.2 Å². The first-order valence-electron chi connectivity index (χ1n) is 9.20. The number of thiophene rings is 1. The SMILES string of the molecule is Ic1ccc(COc2ccc(-[s+]3c4ccccc4c4ccccc43)cc2)cc1. The van der Waals surface area contributed by atoms with Gasteiger partial charge in [-0.15, -0.1) is 0 Å². The molecule has 0 N–H and O–H groups in total. The number of halogens is 1. The average Bonchev–Trinajstić information content (AvgIpc) is 3.08. The van der Waals surface area contributed by atoms with Gasteiger partial charge in [-0.1, -0.05) is 36.4 Å². The maximum absolute atomic E-state index is 5.99. The monoisotopic (exact) mass is 493 g/mol. The van der Waals surface area contributed by atoms with Crippen LogP contribution in [0.1, 0.15) is 5.56 Å². The topological polar surface area (TPSA) is 9.23 Å². The van der Waals surface area contributed by atoms with E-state index in [0.29, 0.717) is 6.61 Å². The summed E-state index contributed by atoms with van der Waals surface area (Å²) in [6.45, 7) is 0.591. The van der Waals surface area contributed by atoms with Gasteiger partial charge in [-0.3, -0.25) is 0 Å². The van der Waals surface area contributed by atoms with Crippen LogP contribution in [-0.2, 0) is 6.61 Å². The zero-order chi connectivity index (χ0) is 18.9. The van der Waals surface area contributed by atoms with Crippen LogP contribution in [0.25, 0.3) is 25.1 Å². The summed E-state index contributed by atoms with van der Waals surface area (Å²) in [6.07, 6.45) is 0. The second kappa shape index (κ2) is 7.57. The lowest BCUT2D eigenvalue weighted by atomic mass is 10.2. The molecule has 4 aromatic carbocycles. The summed E-state index contributed by atoms with van der Waals surface area (Å²) >= 11 is 2.32. The lowest BCUT2D eigenvalue weighted by Gasteiger charge is -2.06. The Hall–Kier alpha value is -2.37. The quantitative estimate of drug-likeness (QED) is 0.183. The standard InChI is InChI=1S/C25H18IOS/c26-19-11-9-18(10-12-19)17-27-20-13-15-21(16-14-20)28-24-7-3-1-5-22(24)23-6-2-4-8-25(23)28/h1-16H,17H2/q+1. The Bertz CT molecular complexity index is 1200. The molecular formula is C25H18IOS+. The van der Waals surface area contributed by atoms with Crippen molar-refractivity contribution in [1.29, 1.82) is 0 Å². The fourth-order valence-electron chi connectivity index (χ4n) is 3.53. The molecule has 0 bridgehead atoms. The molecular weight excluding hydrogens is 475 g/mol. The lowest BCUT2D eigenvalue weighted by Crippen LogP contribution is -1.95. The Labute approximate surface area is 180 Å². The van der Waals surface area contributed by atoms with Crippen LogP contribution >= 0.6 is 33.1 Å². The minimum absolute atomic E-state index is 0.0478.